The second-order valence-corrected chi connectivity index (χ2v) is 3.54. The third-order valence-electron chi connectivity index (χ3n) is 0.471. The van der Waals surface area contributed by atoms with Crippen LogP contribution in [0.2, 0.25) is 0 Å². The molecular formula is C5H9S2. The Morgan fingerprint density at radius 1 is 1.57 bits per heavy atom. The third-order valence-corrected chi connectivity index (χ3v) is 0.836. The van der Waals surface area contributed by atoms with E-state index in [2.05, 4.69) is 38.8 Å². The average Bonchev–Trinajstić information content (AvgIpc) is 1.30. The SMILES string of the molecule is [CH2]C(S)(S)CC=C. The second kappa shape index (κ2) is 2.68. The van der Waals surface area contributed by atoms with Gasteiger partial charge >= 0.3 is 0 Å². The van der Waals surface area contributed by atoms with Crippen molar-refractivity contribution in [3.8, 4) is 0 Å². The molecule has 41 valence electrons. The van der Waals surface area contributed by atoms with Gasteiger partial charge in [-0.05, 0) is 13.3 Å². The highest BCUT2D eigenvalue weighted by Crippen LogP contribution is 2.21. The van der Waals surface area contributed by atoms with Crippen LogP contribution < -0.4 is 0 Å². The molecule has 0 nitrogen and oxygen atoms in total. The lowest BCUT2D eigenvalue weighted by molar-refractivity contribution is 1.02. The van der Waals surface area contributed by atoms with Crippen LogP contribution >= 0.6 is 25.3 Å². The van der Waals surface area contributed by atoms with E-state index in [0.29, 0.717) is 0 Å². The molecule has 0 amide bonds. The zero-order valence-electron chi connectivity index (χ0n) is 4.09. The van der Waals surface area contributed by atoms with Crippen LogP contribution in [0.3, 0.4) is 0 Å². The first-order chi connectivity index (χ1) is 3.06. The van der Waals surface area contributed by atoms with Crippen molar-refractivity contribution in [1.29, 1.82) is 0 Å². The zero-order valence-corrected chi connectivity index (χ0v) is 5.88. The summed E-state index contributed by atoms with van der Waals surface area (Å²) in [7, 11) is 0. The Kier molecular flexibility index (Phi) is 2.84. The van der Waals surface area contributed by atoms with Gasteiger partial charge in [0.15, 0.2) is 0 Å². The molecular weight excluding hydrogens is 124 g/mol. The van der Waals surface area contributed by atoms with Gasteiger partial charge in [0.1, 0.15) is 0 Å². The molecule has 0 N–H and O–H groups in total. The Bertz CT molecular complexity index is 61.0. The molecule has 0 aliphatic carbocycles. The minimum atomic E-state index is -0.429. The molecule has 0 rings (SSSR count). The van der Waals surface area contributed by atoms with Gasteiger partial charge in [-0.25, -0.2) is 0 Å². The smallest absolute Gasteiger partial charge is 0.0586 e. The molecule has 0 atom stereocenters. The van der Waals surface area contributed by atoms with Crippen LogP contribution in [0.4, 0.5) is 0 Å². The summed E-state index contributed by atoms with van der Waals surface area (Å²) in [6.07, 6.45) is 2.46. The maximum Gasteiger partial charge on any atom is 0.0586 e. The zero-order chi connectivity index (χ0) is 5.91. The second-order valence-electron chi connectivity index (χ2n) is 1.48. The molecule has 0 aromatic carbocycles. The molecule has 0 aromatic rings. The van der Waals surface area contributed by atoms with Gasteiger partial charge in [-0.15, -0.1) is 6.58 Å². The predicted octanol–water partition coefficient (Wildman–Crippen LogP) is 1.95. The summed E-state index contributed by atoms with van der Waals surface area (Å²) >= 11 is 8.03. The van der Waals surface area contributed by atoms with Gasteiger partial charge < -0.3 is 0 Å². The standard InChI is InChI=1S/C5H9S2/c1-3-4-5(2,6)7/h3,6-7H,1-2,4H2. The number of allylic oxidation sites excluding steroid dienone is 1. The molecule has 0 saturated carbocycles. The van der Waals surface area contributed by atoms with E-state index in [4.69, 9.17) is 0 Å². The van der Waals surface area contributed by atoms with E-state index < -0.39 is 4.08 Å². The topological polar surface area (TPSA) is 0 Å². The van der Waals surface area contributed by atoms with Crippen molar-refractivity contribution in [2.24, 2.45) is 0 Å². The lowest BCUT2D eigenvalue weighted by Gasteiger charge is -2.10. The van der Waals surface area contributed by atoms with E-state index in [0.717, 1.165) is 6.42 Å². The normalized spacial score (nSPS) is 11.3. The van der Waals surface area contributed by atoms with E-state index in [9.17, 15) is 0 Å². The van der Waals surface area contributed by atoms with Crippen LogP contribution in [0.25, 0.3) is 0 Å². The summed E-state index contributed by atoms with van der Waals surface area (Å²) in [6.45, 7) is 7.13. The van der Waals surface area contributed by atoms with Crippen LogP contribution in [-0.4, -0.2) is 4.08 Å². The van der Waals surface area contributed by atoms with E-state index in [1.54, 1.807) is 6.08 Å². The number of hydrogen-bond donors (Lipinski definition) is 2. The highest BCUT2D eigenvalue weighted by molar-refractivity contribution is 8.00. The van der Waals surface area contributed by atoms with Crippen molar-refractivity contribution < 1.29 is 0 Å². The maximum atomic E-state index is 4.02. The molecule has 7 heavy (non-hydrogen) atoms. The Hall–Kier alpha value is 0.440. The summed E-state index contributed by atoms with van der Waals surface area (Å²) in [5.41, 5.74) is 0. The first kappa shape index (κ1) is 7.44. The van der Waals surface area contributed by atoms with Crippen LogP contribution in [0.5, 0.6) is 0 Å². The molecule has 0 bridgehead atoms. The summed E-state index contributed by atoms with van der Waals surface area (Å²) in [4.78, 5) is 0. The van der Waals surface area contributed by atoms with Gasteiger partial charge in [0.05, 0.1) is 4.08 Å². The highest BCUT2D eigenvalue weighted by Gasteiger charge is 2.07. The number of rotatable bonds is 2. The lowest BCUT2D eigenvalue weighted by atomic mass is 10.3. The molecule has 0 aromatic heterocycles. The van der Waals surface area contributed by atoms with Crippen LogP contribution in [0, 0.1) is 6.92 Å². The fourth-order valence-electron chi connectivity index (χ4n) is 0.231. The molecule has 2 heteroatoms. The van der Waals surface area contributed by atoms with Gasteiger partial charge in [-0.3, -0.25) is 0 Å². The number of thiol groups is 2. The Morgan fingerprint density at radius 2 is 2.00 bits per heavy atom. The average molecular weight is 133 g/mol. The fourth-order valence-corrected chi connectivity index (χ4v) is 0.489. The Balaban J connectivity index is 3.34. The predicted molar refractivity (Wildman–Crippen MR) is 40.9 cm³/mol. The van der Waals surface area contributed by atoms with Gasteiger partial charge in [-0.1, -0.05) is 6.08 Å². The minimum absolute atomic E-state index is 0.429. The molecule has 1 radical (unpaired) electrons. The molecule has 0 heterocycles. The third kappa shape index (κ3) is 6.44. The first-order valence-corrected chi connectivity index (χ1v) is 2.87. The summed E-state index contributed by atoms with van der Waals surface area (Å²) < 4.78 is -0.429. The molecule has 0 unspecified atom stereocenters. The van der Waals surface area contributed by atoms with E-state index in [-0.39, 0.29) is 0 Å². The lowest BCUT2D eigenvalue weighted by Crippen LogP contribution is -2.03. The van der Waals surface area contributed by atoms with Crippen molar-refractivity contribution in [1.82, 2.24) is 0 Å². The minimum Gasteiger partial charge on any atom is -0.161 e. The van der Waals surface area contributed by atoms with Crippen molar-refractivity contribution in [3.05, 3.63) is 19.6 Å². The van der Waals surface area contributed by atoms with Crippen LogP contribution in [-0.2, 0) is 0 Å². The largest absolute Gasteiger partial charge is 0.161 e. The first-order valence-electron chi connectivity index (χ1n) is 1.97. The van der Waals surface area contributed by atoms with Crippen LogP contribution in [0.1, 0.15) is 6.42 Å². The number of hydrogen-bond acceptors (Lipinski definition) is 2. The fraction of sp³-hybridized carbons (Fsp3) is 0.400. The molecule has 0 spiro atoms. The summed E-state index contributed by atoms with van der Waals surface area (Å²) in [5, 5.41) is 0. The monoisotopic (exact) mass is 133 g/mol. The van der Waals surface area contributed by atoms with Gasteiger partial charge in [0.25, 0.3) is 0 Å². The Morgan fingerprint density at radius 3 is 2.00 bits per heavy atom. The summed E-state index contributed by atoms with van der Waals surface area (Å²) in [5.74, 6) is 0. The van der Waals surface area contributed by atoms with Gasteiger partial charge in [0.2, 0.25) is 0 Å². The van der Waals surface area contributed by atoms with Crippen molar-refractivity contribution in [3.63, 3.8) is 0 Å². The van der Waals surface area contributed by atoms with Crippen LogP contribution in [0.15, 0.2) is 12.7 Å². The van der Waals surface area contributed by atoms with E-state index in [1.807, 2.05) is 0 Å². The van der Waals surface area contributed by atoms with Crippen molar-refractivity contribution in [2.75, 3.05) is 0 Å². The van der Waals surface area contributed by atoms with Crippen molar-refractivity contribution in [2.45, 2.75) is 10.5 Å². The van der Waals surface area contributed by atoms with E-state index in [1.165, 1.54) is 0 Å². The van der Waals surface area contributed by atoms with Gasteiger partial charge in [-0.2, -0.15) is 25.3 Å². The molecule has 0 aliphatic heterocycles. The molecule has 0 fully saturated rings. The van der Waals surface area contributed by atoms with Gasteiger partial charge in [0, 0.05) is 0 Å². The van der Waals surface area contributed by atoms with Crippen molar-refractivity contribution >= 4 is 25.3 Å². The molecule has 0 aliphatic rings. The summed E-state index contributed by atoms with van der Waals surface area (Å²) in [6, 6.07) is 0. The Labute approximate surface area is 55.8 Å². The highest BCUT2D eigenvalue weighted by atomic mass is 32.2. The van der Waals surface area contributed by atoms with E-state index >= 15 is 0 Å². The molecule has 0 saturated heterocycles. The quantitative estimate of drug-likeness (QED) is 0.321. The maximum absolute atomic E-state index is 4.02.